The smallest absolute Gasteiger partial charge is 0.0647 e. The Morgan fingerprint density at radius 1 is 0.933 bits per heavy atom. The third-order valence-corrected chi connectivity index (χ3v) is 7.40. The van der Waals surface area contributed by atoms with Crippen molar-refractivity contribution in [3.05, 3.63) is 64.8 Å². The van der Waals surface area contributed by atoms with Crippen LogP contribution in [0.5, 0.6) is 0 Å². The Morgan fingerprint density at radius 2 is 1.77 bits per heavy atom. The zero-order chi connectivity index (χ0) is 20.3. The van der Waals surface area contributed by atoms with Gasteiger partial charge in [0.1, 0.15) is 0 Å². The molecule has 2 aliphatic rings. The molecule has 0 spiro atoms. The van der Waals surface area contributed by atoms with Crippen LogP contribution in [0.1, 0.15) is 49.1 Å². The molecule has 0 amide bonds. The lowest BCUT2D eigenvalue weighted by molar-refractivity contribution is 0.209. The maximum Gasteiger partial charge on any atom is 0.0647 e. The number of nitrogens with zero attached hydrogens (tertiary/aromatic N) is 2. The SMILES string of the molecule is Clc1cccc2c(C3CCN(CCCCN4CCCc5ccccc54)CC3)c[nH]c12. The van der Waals surface area contributed by atoms with Gasteiger partial charge >= 0.3 is 0 Å². The number of anilines is 1. The highest BCUT2D eigenvalue weighted by molar-refractivity contribution is 6.35. The first-order valence-corrected chi connectivity index (χ1v) is 12.0. The summed E-state index contributed by atoms with van der Waals surface area (Å²) in [5, 5.41) is 2.13. The quantitative estimate of drug-likeness (QED) is 0.476. The van der Waals surface area contributed by atoms with Gasteiger partial charge < -0.3 is 14.8 Å². The molecule has 0 bridgehead atoms. The van der Waals surface area contributed by atoms with Crippen LogP contribution in [-0.2, 0) is 6.42 Å². The van der Waals surface area contributed by atoms with Crippen molar-refractivity contribution in [1.82, 2.24) is 9.88 Å². The highest BCUT2D eigenvalue weighted by atomic mass is 35.5. The minimum absolute atomic E-state index is 0.651. The predicted molar refractivity (Wildman–Crippen MR) is 128 cm³/mol. The molecule has 0 saturated carbocycles. The van der Waals surface area contributed by atoms with Crippen LogP contribution in [-0.4, -0.2) is 42.6 Å². The molecule has 3 nitrogen and oxygen atoms in total. The van der Waals surface area contributed by atoms with Crippen LogP contribution in [0.3, 0.4) is 0 Å². The van der Waals surface area contributed by atoms with E-state index in [1.165, 1.54) is 93.4 Å². The number of aryl methyl sites for hydroxylation is 1. The molecule has 158 valence electrons. The summed E-state index contributed by atoms with van der Waals surface area (Å²) in [4.78, 5) is 8.67. The summed E-state index contributed by atoms with van der Waals surface area (Å²) in [5.74, 6) is 0.651. The molecule has 30 heavy (non-hydrogen) atoms. The number of hydrogen-bond donors (Lipinski definition) is 1. The van der Waals surface area contributed by atoms with Gasteiger partial charge in [-0.25, -0.2) is 0 Å². The Hall–Kier alpha value is -1.97. The number of piperidine rings is 1. The van der Waals surface area contributed by atoms with Crippen LogP contribution in [0.25, 0.3) is 10.9 Å². The van der Waals surface area contributed by atoms with Crippen molar-refractivity contribution in [1.29, 1.82) is 0 Å². The van der Waals surface area contributed by atoms with Gasteiger partial charge in [0.2, 0.25) is 0 Å². The van der Waals surface area contributed by atoms with Gasteiger partial charge in [-0.15, -0.1) is 0 Å². The number of benzene rings is 2. The number of para-hydroxylation sites is 2. The second kappa shape index (κ2) is 9.03. The molecule has 0 unspecified atom stereocenters. The summed E-state index contributed by atoms with van der Waals surface area (Å²) in [7, 11) is 0. The number of aromatic amines is 1. The minimum atomic E-state index is 0.651. The van der Waals surface area contributed by atoms with E-state index in [9.17, 15) is 0 Å². The lowest BCUT2D eigenvalue weighted by Gasteiger charge is -2.33. The van der Waals surface area contributed by atoms with E-state index in [0.29, 0.717) is 5.92 Å². The first-order valence-electron chi connectivity index (χ1n) is 11.6. The first kappa shape index (κ1) is 20.0. The molecule has 1 saturated heterocycles. The van der Waals surface area contributed by atoms with E-state index < -0.39 is 0 Å². The maximum atomic E-state index is 6.34. The Balaban J connectivity index is 1.09. The third kappa shape index (κ3) is 4.10. The molecule has 3 aromatic rings. The van der Waals surface area contributed by atoms with Crippen molar-refractivity contribution in [3.8, 4) is 0 Å². The number of fused-ring (bicyclic) bond motifs is 2. The minimum Gasteiger partial charge on any atom is -0.371 e. The second-order valence-corrected chi connectivity index (χ2v) is 9.36. The highest BCUT2D eigenvalue weighted by Crippen LogP contribution is 2.35. The number of aromatic nitrogens is 1. The molecule has 4 heteroatoms. The second-order valence-electron chi connectivity index (χ2n) is 8.95. The summed E-state index contributed by atoms with van der Waals surface area (Å²) >= 11 is 6.34. The summed E-state index contributed by atoms with van der Waals surface area (Å²) in [6.07, 6.45) is 9.81. The molecule has 0 aliphatic carbocycles. The van der Waals surface area contributed by atoms with Crippen LogP contribution >= 0.6 is 11.6 Å². The highest BCUT2D eigenvalue weighted by Gasteiger charge is 2.23. The number of H-pyrrole nitrogens is 1. The maximum absolute atomic E-state index is 6.34. The van der Waals surface area contributed by atoms with Gasteiger partial charge in [0, 0.05) is 30.4 Å². The van der Waals surface area contributed by atoms with Gasteiger partial charge in [0.25, 0.3) is 0 Å². The standard InChI is InChI=1S/C26H32ClN3/c27-24-10-5-9-22-23(19-28-26(22)24)20-12-17-29(18-13-20)14-3-4-15-30-16-6-8-21-7-1-2-11-25(21)30/h1-2,5,7,9-11,19-20,28H,3-4,6,8,12-18H2. The van der Waals surface area contributed by atoms with Gasteiger partial charge in [-0.2, -0.15) is 0 Å². The lowest BCUT2D eigenvalue weighted by atomic mass is 9.89. The van der Waals surface area contributed by atoms with E-state index in [0.717, 1.165) is 10.5 Å². The van der Waals surface area contributed by atoms with Crippen molar-refractivity contribution in [2.45, 2.75) is 44.4 Å². The van der Waals surface area contributed by atoms with Crippen molar-refractivity contribution in [3.63, 3.8) is 0 Å². The average molecular weight is 422 g/mol. The van der Waals surface area contributed by atoms with Crippen LogP contribution < -0.4 is 4.90 Å². The van der Waals surface area contributed by atoms with Gasteiger partial charge in [0.15, 0.2) is 0 Å². The van der Waals surface area contributed by atoms with E-state index in [2.05, 4.69) is 57.4 Å². The van der Waals surface area contributed by atoms with Crippen molar-refractivity contribution < 1.29 is 0 Å². The fourth-order valence-electron chi connectivity index (χ4n) is 5.43. The normalized spacial score (nSPS) is 18.1. The predicted octanol–water partition coefficient (Wildman–Crippen LogP) is 6.23. The molecule has 1 aromatic heterocycles. The Kier molecular flexibility index (Phi) is 6.01. The lowest BCUT2D eigenvalue weighted by Crippen LogP contribution is -2.34. The number of likely N-dealkylation sites (tertiary alicyclic amines) is 1. The summed E-state index contributed by atoms with van der Waals surface area (Å²) < 4.78 is 0. The molecule has 1 N–H and O–H groups in total. The average Bonchev–Trinajstić information content (AvgIpc) is 3.23. The number of halogens is 1. The molecule has 5 rings (SSSR count). The van der Waals surface area contributed by atoms with Crippen LogP contribution in [0.2, 0.25) is 5.02 Å². The molecule has 2 aromatic carbocycles. The molecule has 0 atom stereocenters. The fourth-order valence-corrected chi connectivity index (χ4v) is 5.66. The fraction of sp³-hybridized carbons (Fsp3) is 0.462. The van der Waals surface area contributed by atoms with Crippen molar-refractivity contribution in [2.75, 3.05) is 37.6 Å². The first-order chi connectivity index (χ1) is 14.8. The Labute approximate surface area is 185 Å². The number of rotatable bonds is 6. The molecule has 3 heterocycles. The van der Waals surface area contributed by atoms with Crippen LogP contribution in [0.4, 0.5) is 5.69 Å². The van der Waals surface area contributed by atoms with E-state index >= 15 is 0 Å². The summed E-state index contributed by atoms with van der Waals surface area (Å²) in [5.41, 5.74) is 5.56. The molecule has 0 radical (unpaired) electrons. The van der Waals surface area contributed by atoms with Gasteiger partial charge in [0.05, 0.1) is 10.5 Å². The van der Waals surface area contributed by atoms with Crippen LogP contribution in [0, 0.1) is 0 Å². The molecule has 1 fully saturated rings. The Morgan fingerprint density at radius 3 is 2.67 bits per heavy atom. The van der Waals surface area contributed by atoms with Crippen LogP contribution in [0.15, 0.2) is 48.7 Å². The molecular formula is C26H32ClN3. The van der Waals surface area contributed by atoms with Crippen molar-refractivity contribution in [2.24, 2.45) is 0 Å². The van der Waals surface area contributed by atoms with Gasteiger partial charge in [-0.3, -0.25) is 0 Å². The largest absolute Gasteiger partial charge is 0.371 e. The summed E-state index contributed by atoms with van der Waals surface area (Å²) in [6, 6.07) is 15.2. The Bertz CT molecular complexity index is 987. The van der Waals surface area contributed by atoms with E-state index in [4.69, 9.17) is 11.6 Å². The molecular weight excluding hydrogens is 390 g/mol. The van der Waals surface area contributed by atoms with Gasteiger partial charge in [-0.1, -0.05) is 41.9 Å². The summed E-state index contributed by atoms with van der Waals surface area (Å²) in [6.45, 7) is 6.08. The third-order valence-electron chi connectivity index (χ3n) is 7.08. The monoisotopic (exact) mass is 421 g/mol. The molecule has 2 aliphatic heterocycles. The van der Waals surface area contributed by atoms with Gasteiger partial charge in [-0.05, 0) is 87.3 Å². The zero-order valence-corrected chi connectivity index (χ0v) is 18.5. The van der Waals surface area contributed by atoms with E-state index in [1.54, 1.807) is 0 Å². The number of nitrogens with one attached hydrogen (secondary N) is 1. The number of hydrogen-bond acceptors (Lipinski definition) is 2. The zero-order valence-electron chi connectivity index (χ0n) is 17.7. The van der Waals surface area contributed by atoms with Crippen molar-refractivity contribution >= 4 is 28.2 Å². The van der Waals surface area contributed by atoms with E-state index in [-0.39, 0.29) is 0 Å². The topological polar surface area (TPSA) is 22.3 Å². The number of unbranched alkanes of at least 4 members (excludes halogenated alkanes) is 1. The van der Waals surface area contributed by atoms with E-state index in [1.807, 2.05) is 6.07 Å².